The third-order valence-electron chi connectivity index (χ3n) is 3.03. The molecule has 0 aromatic heterocycles. The molecule has 2 aliphatic carbocycles. The number of benzene rings is 1. The van der Waals surface area contributed by atoms with E-state index in [0.29, 0.717) is 0 Å². The van der Waals surface area contributed by atoms with Gasteiger partial charge in [0.1, 0.15) is 0 Å². The van der Waals surface area contributed by atoms with Crippen molar-refractivity contribution in [2.75, 3.05) is 0 Å². The Morgan fingerprint density at radius 2 is 1.93 bits per heavy atom. The average molecular weight is 205 g/mol. The summed E-state index contributed by atoms with van der Waals surface area (Å²) >= 11 is 2.02. The molecule has 0 radical (unpaired) electrons. The summed E-state index contributed by atoms with van der Waals surface area (Å²) in [4.78, 5) is 1.43. The largest absolute Gasteiger partial charge is 0.321 e. The fourth-order valence-corrected chi connectivity index (χ4v) is 3.04. The zero-order valence-electron chi connectivity index (χ0n) is 8.20. The molecular formula is C12H15NS. The molecule has 2 saturated carbocycles. The molecule has 0 unspecified atom stereocenters. The van der Waals surface area contributed by atoms with Gasteiger partial charge in [0.25, 0.3) is 0 Å². The van der Waals surface area contributed by atoms with E-state index in [2.05, 4.69) is 24.3 Å². The van der Waals surface area contributed by atoms with Crippen LogP contribution in [0.25, 0.3) is 0 Å². The number of rotatable bonds is 3. The van der Waals surface area contributed by atoms with Crippen molar-refractivity contribution in [1.82, 2.24) is 0 Å². The highest BCUT2D eigenvalue weighted by atomic mass is 32.2. The molecular weight excluding hydrogens is 190 g/mol. The second kappa shape index (κ2) is 3.01. The molecule has 0 amide bonds. The van der Waals surface area contributed by atoms with Crippen molar-refractivity contribution >= 4 is 11.8 Å². The lowest BCUT2D eigenvalue weighted by atomic mass is 10.1. The van der Waals surface area contributed by atoms with Crippen molar-refractivity contribution in [2.45, 2.75) is 41.4 Å². The average Bonchev–Trinajstić information content (AvgIpc) is 3.06. The third-order valence-corrected chi connectivity index (χ3v) is 4.44. The van der Waals surface area contributed by atoms with Crippen molar-refractivity contribution in [3.05, 3.63) is 29.8 Å². The minimum Gasteiger partial charge on any atom is -0.321 e. The molecule has 2 fully saturated rings. The second-order valence-corrected chi connectivity index (χ2v) is 5.81. The van der Waals surface area contributed by atoms with Crippen molar-refractivity contribution < 1.29 is 0 Å². The van der Waals surface area contributed by atoms with Crippen LogP contribution in [0.2, 0.25) is 0 Å². The molecule has 0 saturated heterocycles. The SMILES string of the molecule is NC1(c2ccccc2SC2CC2)CC1. The lowest BCUT2D eigenvalue weighted by molar-refractivity contribution is 0.722. The summed E-state index contributed by atoms with van der Waals surface area (Å²) in [5, 5.41) is 0.874. The lowest BCUT2D eigenvalue weighted by Gasteiger charge is -2.14. The van der Waals surface area contributed by atoms with Crippen molar-refractivity contribution in [3.8, 4) is 0 Å². The van der Waals surface area contributed by atoms with Gasteiger partial charge in [-0.05, 0) is 37.3 Å². The van der Waals surface area contributed by atoms with Crippen LogP contribution in [0, 0.1) is 0 Å². The van der Waals surface area contributed by atoms with Crippen LogP contribution < -0.4 is 5.73 Å². The van der Waals surface area contributed by atoms with E-state index in [1.807, 2.05) is 11.8 Å². The van der Waals surface area contributed by atoms with Crippen LogP contribution in [0.5, 0.6) is 0 Å². The molecule has 0 aliphatic heterocycles. The van der Waals surface area contributed by atoms with Gasteiger partial charge in [-0.1, -0.05) is 18.2 Å². The van der Waals surface area contributed by atoms with E-state index < -0.39 is 0 Å². The first-order valence-electron chi connectivity index (χ1n) is 5.33. The van der Waals surface area contributed by atoms with Gasteiger partial charge in [-0.3, -0.25) is 0 Å². The molecule has 1 aromatic carbocycles. The van der Waals surface area contributed by atoms with Crippen LogP contribution in [0.1, 0.15) is 31.2 Å². The first-order valence-corrected chi connectivity index (χ1v) is 6.21. The lowest BCUT2D eigenvalue weighted by Crippen LogP contribution is -2.19. The topological polar surface area (TPSA) is 26.0 Å². The summed E-state index contributed by atoms with van der Waals surface area (Å²) in [5.74, 6) is 0. The van der Waals surface area contributed by atoms with E-state index in [1.54, 1.807) is 0 Å². The van der Waals surface area contributed by atoms with Gasteiger partial charge in [0.15, 0.2) is 0 Å². The Balaban J connectivity index is 1.92. The molecule has 14 heavy (non-hydrogen) atoms. The fourth-order valence-electron chi connectivity index (χ4n) is 1.75. The Morgan fingerprint density at radius 1 is 1.21 bits per heavy atom. The number of nitrogens with two attached hydrogens (primary N) is 1. The molecule has 2 N–H and O–H groups in total. The molecule has 2 aliphatic rings. The van der Waals surface area contributed by atoms with Crippen LogP contribution >= 0.6 is 11.8 Å². The minimum absolute atomic E-state index is 0.0263. The van der Waals surface area contributed by atoms with Gasteiger partial charge in [-0.2, -0.15) is 0 Å². The summed E-state index contributed by atoms with van der Waals surface area (Å²) in [6, 6.07) is 8.67. The van der Waals surface area contributed by atoms with Crippen LogP contribution in [-0.2, 0) is 5.54 Å². The molecule has 3 rings (SSSR count). The summed E-state index contributed by atoms with van der Waals surface area (Å²) in [6.07, 6.45) is 5.09. The Kier molecular flexibility index (Phi) is 1.89. The van der Waals surface area contributed by atoms with E-state index >= 15 is 0 Å². The van der Waals surface area contributed by atoms with Gasteiger partial charge in [0.05, 0.1) is 0 Å². The van der Waals surface area contributed by atoms with E-state index in [-0.39, 0.29) is 5.54 Å². The quantitative estimate of drug-likeness (QED) is 0.821. The summed E-state index contributed by atoms with van der Waals surface area (Å²) < 4.78 is 0. The first kappa shape index (κ1) is 8.81. The van der Waals surface area contributed by atoms with Crippen LogP contribution in [0.15, 0.2) is 29.2 Å². The summed E-state index contributed by atoms with van der Waals surface area (Å²) in [5.41, 5.74) is 7.66. The monoisotopic (exact) mass is 205 g/mol. The molecule has 1 nitrogen and oxygen atoms in total. The Morgan fingerprint density at radius 3 is 2.57 bits per heavy atom. The molecule has 0 bridgehead atoms. The highest BCUT2D eigenvalue weighted by Gasteiger charge is 2.42. The summed E-state index contributed by atoms with van der Waals surface area (Å²) in [6.45, 7) is 0. The Hall–Kier alpha value is -0.470. The van der Waals surface area contributed by atoms with Crippen LogP contribution in [0.4, 0.5) is 0 Å². The van der Waals surface area contributed by atoms with E-state index in [9.17, 15) is 0 Å². The zero-order valence-corrected chi connectivity index (χ0v) is 9.02. The van der Waals surface area contributed by atoms with Gasteiger partial charge in [-0.25, -0.2) is 0 Å². The molecule has 0 spiro atoms. The minimum atomic E-state index is 0.0263. The van der Waals surface area contributed by atoms with Crippen LogP contribution in [-0.4, -0.2) is 5.25 Å². The third kappa shape index (κ3) is 1.57. The van der Waals surface area contributed by atoms with Gasteiger partial charge in [0.2, 0.25) is 0 Å². The zero-order chi connectivity index (χ0) is 9.60. The first-order chi connectivity index (χ1) is 6.78. The number of hydrogen-bond acceptors (Lipinski definition) is 2. The highest BCUT2D eigenvalue weighted by Crippen LogP contribution is 2.49. The van der Waals surface area contributed by atoms with E-state index in [0.717, 1.165) is 18.1 Å². The van der Waals surface area contributed by atoms with Gasteiger partial charge >= 0.3 is 0 Å². The number of thioether (sulfide) groups is 1. The van der Waals surface area contributed by atoms with Crippen molar-refractivity contribution in [1.29, 1.82) is 0 Å². The summed E-state index contributed by atoms with van der Waals surface area (Å²) in [7, 11) is 0. The van der Waals surface area contributed by atoms with Gasteiger partial charge < -0.3 is 5.73 Å². The molecule has 0 heterocycles. The second-order valence-electron chi connectivity index (χ2n) is 4.47. The Bertz CT molecular complexity index is 353. The highest BCUT2D eigenvalue weighted by molar-refractivity contribution is 8.00. The maximum Gasteiger partial charge on any atom is 0.0422 e. The molecule has 74 valence electrons. The fraction of sp³-hybridized carbons (Fsp3) is 0.500. The van der Waals surface area contributed by atoms with E-state index in [4.69, 9.17) is 5.73 Å². The Labute approximate surface area is 89.1 Å². The molecule has 0 atom stereocenters. The predicted molar refractivity (Wildman–Crippen MR) is 60.4 cm³/mol. The number of hydrogen-bond donors (Lipinski definition) is 1. The molecule has 1 aromatic rings. The molecule has 2 heteroatoms. The standard InChI is InChI=1S/C12H15NS/c13-12(7-8-12)10-3-1-2-4-11(10)14-9-5-6-9/h1-4,9H,5-8,13H2. The smallest absolute Gasteiger partial charge is 0.0422 e. The maximum absolute atomic E-state index is 6.25. The predicted octanol–water partition coefficient (Wildman–Crippen LogP) is 2.89. The van der Waals surface area contributed by atoms with Crippen LogP contribution in [0.3, 0.4) is 0 Å². The van der Waals surface area contributed by atoms with Crippen molar-refractivity contribution in [3.63, 3.8) is 0 Å². The van der Waals surface area contributed by atoms with Crippen molar-refractivity contribution in [2.24, 2.45) is 5.73 Å². The normalized spacial score (nSPS) is 23.5. The van der Waals surface area contributed by atoms with E-state index in [1.165, 1.54) is 23.3 Å². The van der Waals surface area contributed by atoms with Gasteiger partial charge in [0, 0.05) is 15.7 Å². The van der Waals surface area contributed by atoms with Gasteiger partial charge in [-0.15, -0.1) is 11.8 Å². The maximum atomic E-state index is 6.25.